The van der Waals surface area contributed by atoms with E-state index in [0.29, 0.717) is 24.6 Å². The highest BCUT2D eigenvalue weighted by molar-refractivity contribution is 5.84. The summed E-state index contributed by atoms with van der Waals surface area (Å²) in [5.74, 6) is 0.721. The van der Waals surface area contributed by atoms with Gasteiger partial charge in [-0.3, -0.25) is 9.59 Å². The fraction of sp³-hybridized carbons (Fsp3) is 0.429. The lowest BCUT2D eigenvalue weighted by atomic mass is 10.1. The molecular weight excluding hydrogens is 244 g/mol. The van der Waals surface area contributed by atoms with Gasteiger partial charge in [0.15, 0.2) is 0 Å². The molecule has 2 rings (SSSR count). The number of hydrogen-bond donors (Lipinski definition) is 2. The predicted octanol–water partition coefficient (Wildman–Crippen LogP) is 1.37. The zero-order valence-electron chi connectivity index (χ0n) is 10.7. The van der Waals surface area contributed by atoms with Crippen LogP contribution in [-0.2, 0) is 16.1 Å². The Labute approximate surface area is 112 Å². The van der Waals surface area contributed by atoms with Gasteiger partial charge in [-0.2, -0.15) is 0 Å². The van der Waals surface area contributed by atoms with E-state index in [1.165, 1.54) is 0 Å². The van der Waals surface area contributed by atoms with Crippen LogP contribution in [0.3, 0.4) is 0 Å². The Kier molecular flexibility index (Phi) is 4.78. The monoisotopic (exact) mass is 262 g/mol. The maximum absolute atomic E-state index is 11.6. The van der Waals surface area contributed by atoms with E-state index >= 15 is 0 Å². The first kappa shape index (κ1) is 13.4. The molecule has 1 aromatic heterocycles. The Morgan fingerprint density at radius 3 is 2.89 bits per heavy atom. The molecular formula is C14H18N2O3. The van der Waals surface area contributed by atoms with Gasteiger partial charge in [-0.1, -0.05) is 12.2 Å². The minimum absolute atomic E-state index is 0.00990. The highest BCUT2D eigenvalue weighted by atomic mass is 16.3. The van der Waals surface area contributed by atoms with Crippen molar-refractivity contribution in [3.63, 3.8) is 0 Å². The molecule has 0 radical (unpaired) electrons. The van der Waals surface area contributed by atoms with Crippen LogP contribution in [0.4, 0.5) is 0 Å². The molecule has 0 aromatic carbocycles. The second kappa shape index (κ2) is 6.78. The third-order valence-corrected chi connectivity index (χ3v) is 3.05. The summed E-state index contributed by atoms with van der Waals surface area (Å²) in [6, 6.07) is 3.55. The van der Waals surface area contributed by atoms with Gasteiger partial charge in [0, 0.05) is 6.42 Å². The van der Waals surface area contributed by atoms with E-state index in [1.54, 1.807) is 18.4 Å². The summed E-state index contributed by atoms with van der Waals surface area (Å²) in [7, 11) is 0. The molecule has 0 saturated carbocycles. The van der Waals surface area contributed by atoms with E-state index < -0.39 is 0 Å². The van der Waals surface area contributed by atoms with E-state index in [9.17, 15) is 9.59 Å². The molecule has 5 nitrogen and oxygen atoms in total. The highest BCUT2D eigenvalue weighted by Crippen LogP contribution is 2.19. The number of amides is 2. The number of nitrogens with one attached hydrogen (secondary N) is 2. The summed E-state index contributed by atoms with van der Waals surface area (Å²) in [6.07, 6.45) is 8.24. The standard InChI is InChI=1S/C14H18N2O3/c17-13(8-11-4-1-2-5-11)16-10-14(18)15-9-12-6-3-7-19-12/h1,3-4,6-7,11H,2,5,8-10H2,(H,15,18)(H,16,17)/t11-/m0/s1. The van der Waals surface area contributed by atoms with Crippen molar-refractivity contribution >= 4 is 11.8 Å². The van der Waals surface area contributed by atoms with Crippen molar-refractivity contribution in [2.24, 2.45) is 5.92 Å². The van der Waals surface area contributed by atoms with Gasteiger partial charge in [-0.25, -0.2) is 0 Å². The number of carbonyl (C=O) groups excluding carboxylic acids is 2. The van der Waals surface area contributed by atoms with Crippen LogP contribution in [0.2, 0.25) is 0 Å². The SMILES string of the molecule is O=C(CNC(=O)C[C@H]1C=CCC1)NCc1ccco1. The van der Waals surface area contributed by atoms with Crippen molar-refractivity contribution in [2.45, 2.75) is 25.8 Å². The van der Waals surface area contributed by atoms with Crippen molar-refractivity contribution < 1.29 is 14.0 Å². The van der Waals surface area contributed by atoms with Gasteiger partial charge in [0.25, 0.3) is 0 Å². The Hall–Kier alpha value is -2.04. The van der Waals surface area contributed by atoms with Gasteiger partial charge in [-0.15, -0.1) is 0 Å². The van der Waals surface area contributed by atoms with Crippen LogP contribution in [0.15, 0.2) is 35.0 Å². The summed E-state index contributed by atoms with van der Waals surface area (Å²) < 4.78 is 5.09. The largest absolute Gasteiger partial charge is 0.467 e. The summed E-state index contributed by atoms with van der Waals surface area (Å²) in [5, 5.41) is 5.30. The van der Waals surface area contributed by atoms with E-state index in [1.807, 2.05) is 0 Å². The van der Waals surface area contributed by atoms with Gasteiger partial charge in [0.2, 0.25) is 11.8 Å². The predicted molar refractivity (Wildman–Crippen MR) is 70.0 cm³/mol. The average molecular weight is 262 g/mol. The van der Waals surface area contributed by atoms with Crippen LogP contribution in [0.25, 0.3) is 0 Å². The molecule has 2 amide bonds. The molecule has 0 fully saturated rings. The summed E-state index contributed by atoms with van der Waals surface area (Å²) >= 11 is 0. The van der Waals surface area contributed by atoms with Crippen molar-refractivity contribution in [2.75, 3.05) is 6.54 Å². The van der Waals surface area contributed by atoms with Crippen molar-refractivity contribution in [3.8, 4) is 0 Å². The quantitative estimate of drug-likeness (QED) is 0.761. The molecule has 1 atom stereocenters. The van der Waals surface area contributed by atoms with Crippen molar-refractivity contribution in [3.05, 3.63) is 36.3 Å². The van der Waals surface area contributed by atoms with Gasteiger partial charge in [0.1, 0.15) is 5.76 Å². The smallest absolute Gasteiger partial charge is 0.239 e. The minimum Gasteiger partial charge on any atom is -0.467 e. The molecule has 5 heteroatoms. The number of hydrogen-bond acceptors (Lipinski definition) is 3. The molecule has 0 unspecified atom stereocenters. The molecule has 0 spiro atoms. The zero-order valence-corrected chi connectivity index (χ0v) is 10.7. The lowest BCUT2D eigenvalue weighted by Gasteiger charge is -2.08. The Bertz CT molecular complexity index is 451. The number of carbonyl (C=O) groups is 2. The van der Waals surface area contributed by atoms with Gasteiger partial charge >= 0.3 is 0 Å². The molecule has 1 aliphatic carbocycles. The van der Waals surface area contributed by atoms with Crippen LogP contribution in [0.5, 0.6) is 0 Å². The van der Waals surface area contributed by atoms with Crippen LogP contribution >= 0.6 is 0 Å². The second-order valence-corrected chi connectivity index (χ2v) is 4.60. The van der Waals surface area contributed by atoms with E-state index in [4.69, 9.17) is 4.42 Å². The first-order valence-electron chi connectivity index (χ1n) is 6.46. The van der Waals surface area contributed by atoms with Gasteiger partial charge in [0.05, 0.1) is 19.4 Å². The molecule has 2 N–H and O–H groups in total. The Balaban J connectivity index is 1.60. The highest BCUT2D eigenvalue weighted by Gasteiger charge is 2.14. The Morgan fingerprint density at radius 2 is 2.21 bits per heavy atom. The first-order valence-corrected chi connectivity index (χ1v) is 6.46. The maximum Gasteiger partial charge on any atom is 0.239 e. The second-order valence-electron chi connectivity index (χ2n) is 4.60. The van der Waals surface area contributed by atoms with Crippen LogP contribution < -0.4 is 10.6 Å². The van der Waals surface area contributed by atoms with Crippen LogP contribution in [0.1, 0.15) is 25.0 Å². The summed E-state index contributed by atoms with van der Waals surface area (Å²) in [6.45, 7) is 0.350. The fourth-order valence-electron chi connectivity index (χ4n) is 2.02. The molecule has 1 aliphatic rings. The third kappa shape index (κ3) is 4.62. The summed E-state index contributed by atoms with van der Waals surface area (Å²) in [5.41, 5.74) is 0. The molecule has 1 aromatic rings. The third-order valence-electron chi connectivity index (χ3n) is 3.05. The molecule has 0 aliphatic heterocycles. The normalized spacial score (nSPS) is 17.4. The number of furan rings is 1. The lowest BCUT2D eigenvalue weighted by Crippen LogP contribution is -2.37. The molecule has 102 valence electrons. The van der Waals surface area contributed by atoms with Gasteiger partial charge < -0.3 is 15.1 Å². The first-order chi connectivity index (χ1) is 9.24. The number of allylic oxidation sites excluding steroid dienone is 2. The fourth-order valence-corrected chi connectivity index (χ4v) is 2.02. The topological polar surface area (TPSA) is 71.3 Å². The van der Waals surface area contributed by atoms with Crippen LogP contribution in [0, 0.1) is 5.92 Å². The van der Waals surface area contributed by atoms with E-state index in [2.05, 4.69) is 22.8 Å². The molecule has 0 saturated heterocycles. The van der Waals surface area contributed by atoms with Crippen molar-refractivity contribution in [1.82, 2.24) is 10.6 Å². The average Bonchev–Trinajstić information content (AvgIpc) is 3.06. The minimum atomic E-state index is -0.216. The zero-order chi connectivity index (χ0) is 13.5. The molecule has 1 heterocycles. The summed E-state index contributed by atoms with van der Waals surface area (Å²) in [4.78, 5) is 23.1. The van der Waals surface area contributed by atoms with Crippen LogP contribution in [-0.4, -0.2) is 18.4 Å². The van der Waals surface area contributed by atoms with E-state index in [0.717, 1.165) is 12.8 Å². The maximum atomic E-state index is 11.6. The van der Waals surface area contributed by atoms with E-state index in [-0.39, 0.29) is 18.4 Å². The van der Waals surface area contributed by atoms with Gasteiger partial charge in [-0.05, 0) is 30.9 Å². The molecule has 0 bridgehead atoms. The Morgan fingerprint density at radius 1 is 1.32 bits per heavy atom. The molecule has 19 heavy (non-hydrogen) atoms. The lowest BCUT2D eigenvalue weighted by molar-refractivity contribution is -0.126. The number of rotatable bonds is 6. The van der Waals surface area contributed by atoms with Crippen molar-refractivity contribution in [1.29, 1.82) is 0 Å².